The first kappa shape index (κ1) is 34.0. The molecule has 0 bridgehead atoms. The molecule has 50 heavy (non-hydrogen) atoms. The number of hydrogen-bond acceptors (Lipinski definition) is 9. The molecular formula is C35H40F4N8O3. The number of anilines is 2. The maximum atomic E-state index is 14.6. The lowest BCUT2D eigenvalue weighted by Gasteiger charge is -2.33. The van der Waals surface area contributed by atoms with Crippen molar-refractivity contribution in [2.24, 2.45) is 0 Å². The molecule has 2 fully saturated rings. The van der Waals surface area contributed by atoms with Crippen LogP contribution in [0, 0.1) is 11.8 Å². The summed E-state index contributed by atoms with van der Waals surface area (Å²) < 4.78 is 72.5. The van der Waals surface area contributed by atoms with Crippen LogP contribution in [0.15, 0.2) is 18.2 Å². The van der Waals surface area contributed by atoms with E-state index in [2.05, 4.69) is 21.8 Å². The third kappa shape index (κ3) is 6.35. The van der Waals surface area contributed by atoms with Gasteiger partial charge in [0.05, 0.1) is 41.7 Å². The van der Waals surface area contributed by atoms with E-state index in [9.17, 15) is 22.4 Å². The van der Waals surface area contributed by atoms with E-state index in [0.29, 0.717) is 61.8 Å². The number of alkyl halides is 4. The highest BCUT2D eigenvalue weighted by molar-refractivity contribution is 5.92. The third-order valence-electron chi connectivity index (χ3n) is 10.1. The van der Waals surface area contributed by atoms with Gasteiger partial charge in [-0.1, -0.05) is 5.92 Å². The highest BCUT2D eigenvalue weighted by Gasteiger charge is 2.49. The number of nitrogen functional groups attached to an aromatic ring is 1. The van der Waals surface area contributed by atoms with E-state index in [1.54, 1.807) is 20.2 Å². The quantitative estimate of drug-likeness (QED) is 0.226. The van der Waals surface area contributed by atoms with E-state index in [1.807, 2.05) is 9.58 Å². The molecular weight excluding hydrogens is 656 g/mol. The van der Waals surface area contributed by atoms with Crippen molar-refractivity contribution in [2.45, 2.75) is 82.7 Å². The van der Waals surface area contributed by atoms with E-state index in [4.69, 9.17) is 25.2 Å². The van der Waals surface area contributed by atoms with Crippen LogP contribution in [0.4, 0.5) is 29.1 Å². The van der Waals surface area contributed by atoms with Crippen molar-refractivity contribution in [1.82, 2.24) is 29.5 Å². The number of nitrogens with zero attached hydrogens (tertiary/aromatic N) is 7. The van der Waals surface area contributed by atoms with Crippen LogP contribution in [-0.2, 0) is 37.0 Å². The van der Waals surface area contributed by atoms with Crippen LogP contribution in [-0.4, -0.2) is 87.5 Å². The number of aromatic nitrogens is 4. The third-order valence-corrected chi connectivity index (χ3v) is 10.1. The summed E-state index contributed by atoms with van der Waals surface area (Å²) in [4.78, 5) is 28.0. The topological polar surface area (TPSA) is 115 Å². The van der Waals surface area contributed by atoms with Gasteiger partial charge in [0.2, 0.25) is 0 Å². The van der Waals surface area contributed by atoms with Gasteiger partial charge in [-0.25, -0.2) is 4.39 Å². The molecule has 0 unspecified atom stereocenters. The molecule has 2 N–H and O–H groups in total. The zero-order chi connectivity index (χ0) is 35.4. The minimum absolute atomic E-state index is 0.00379. The maximum absolute atomic E-state index is 14.6. The zero-order valence-corrected chi connectivity index (χ0v) is 28.3. The van der Waals surface area contributed by atoms with E-state index < -0.39 is 29.6 Å². The van der Waals surface area contributed by atoms with Crippen LogP contribution in [0.25, 0.3) is 0 Å². The Morgan fingerprint density at radius 3 is 2.76 bits per heavy atom. The second-order valence-corrected chi connectivity index (χ2v) is 13.7. The summed E-state index contributed by atoms with van der Waals surface area (Å²) in [5, 5.41) is 4.54. The second-order valence-electron chi connectivity index (χ2n) is 13.7. The van der Waals surface area contributed by atoms with Crippen LogP contribution in [0.5, 0.6) is 6.01 Å². The van der Waals surface area contributed by atoms with Gasteiger partial charge < -0.3 is 25.0 Å². The molecule has 11 nitrogen and oxygen atoms in total. The van der Waals surface area contributed by atoms with Gasteiger partial charge >= 0.3 is 12.2 Å². The van der Waals surface area contributed by atoms with Gasteiger partial charge in [0.25, 0.3) is 5.91 Å². The zero-order valence-electron chi connectivity index (χ0n) is 28.3. The van der Waals surface area contributed by atoms with Gasteiger partial charge in [0.1, 0.15) is 18.6 Å². The molecule has 15 heteroatoms. The van der Waals surface area contributed by atoms with Gasteiger partial charge in [0.15, 0.2) is 5.69 Å². The largest absolute Gasteiger partial charge is 0.461 e. The average Bonchev–Trinajstić information content (AvgIpc) is 3.69. The van der Waals surface area contributed by atoms with Crippen molar-refractivity contribution in [2.75, 3.05) is 51.0 Å². The molecule has 4 aliphatic rings. The molecule has 0 aliphatic carbocycles. The molecule has 6 heterocycles. The van der Waals surface area contributed by atoms with E-state index in [-0.39, 0.29) is 48.4 Å². The number of ether oxygens (including phenoxy) is 2. The number of hydrogen-bond donors (Lipinski definition) is 1. The van der Waals surface area contributed by atoms with Crippen LogP contribution in [0.2, 0.25) is 0 Å². The van der Waals surface area contributed by atoms with Crippen molar-refractivity contribution in [3.8, 4) is 17.9 Å². The molecule has 1 aromatic carbocycles. The van der Waals surface area contributed by atoms with Gasteiger partial charge in [-0.3, -0.25) is 14.4 Å². The first-order valence-corrected chi connectivity index (χ1v) is 16.8. The molecule has 0 spiro atoms. The molecule has 2 aromatic heterocycles. The van der Waals surface area contributed by atoms with Gasteiger partial charge in [-0.15, -0.1) is 5.92 Å². The fraction of sp³-hybridized carbons (Fsp3) is 0.543. The normalized spacial score (nSPS) is 23.4. The molecule has 7 rings (SSSR count). The van der Waals surface area contributed by atoms with Gasteiger partial charge in [-0.05, 0) is 56.5 Å². The Balaban J connectivity index is 1.27. The summed E-state index contributed by atoms with van der Waals surface area (Å²) in [5.74, 6) is 5.45. The first-order chi connectivity index (χ1) is 23.8. The van der Waals surface area contributed by atoms with Crippen LogP contribution < -0.4 is 15.4 Å². The summed E-state index contributed by atoms with van der Waals surface area (Å²) >= 11 is 0. The number of carbonyl (C=O) groups excluding carboxylic acids is 1. The van der Waals surface area contributed by atoms with Gasteiger partial charge in [0, 0.05) is 63.4 Å². The lowest BCUT2D eigenvalue weighted by molar-refractivity contribution is -0.140. The second kappa shape index (κ2) is 13.0. The Morgan fingerprint density at radius 1 is 1.18 bits per heavy atom. The number of fused-ring (bicyclic) bond motifs is 3. The van der Waals surface area contributed by atoms with Crippen LogP contribution >= 0.6 is 0 Å². The molecule has 0 radical (unpaired) electrons. The van der Waals surface area contributed by atoms with E-state index >= 15 is 0 Å². The van der Waals surface area contributed by atoms with Crippen molar-refractivity contribution in [3.63, 3.8) is 0 Å². The van der Waals surface area contributed by atoms with Crippen molar-refractivity contribution in [3.05, 3.63) is 57.5 Å². The van der Waals surface area contributed by atoms with Crippen LogP contribution in [0.3, 0.4) is 0 Å². The predicted molar refractivity (Wildman–Crippen MR) is 176 cm³/mol. The monoisotopic (exact) mass is 696 g/mol. The minimum Gasteiger partial charge on any atom is -0.461 e. The SMILES string of the molecule is CC#Cc1cc(N)cc([C@@H]2Cc3nc(OC[C@@]45CCCN4C[C@H](F)C5)nc(N4CCCn5nc(C(=O)N(C)C)cc5C4)c3CO2)c1C(F)(F)F. The molecule has 266 valence electrons. The van der Waals surface area contributed by atoms with E-state index in [0.717, 1.165) is 25.1 Å². The van der Waals surface area contributed by atoms with E-state index in [1.165, 1.54) is 24.0 Å². The Bertz CT molecular complexity index is 1870. The van der Waals surface area contributed by atoms with Crippen LogP contribution in [0.1, 0.15) is 82.8 Å². The summed E-state index contributed by atoms with van der Waals surface area (Å²) in [7, 11) is 3.34. The lowest BCUT2D eigenvalue weighted by atomic mass is 9.91. The van der Waals surface area contributed by atoms with Crippen molar-refractivity contribution in [1.29, 1.82) is 0 Å². The Morgan fingerprint density at radius 2 is 2.00 bits per heavy atom. The number of benzene rings is 1. The van der Waals surface area contributed by atoms with Gasteiger partial charge in [-0.2, -0.15) is 28.2 Å². The summed E-state index contributed by atoms with van der Waals surface area (Å²) in [6, 6.07) is 4.37. The number of carbonyl (C=O) groups is 1. The summed E-state index contributed by atoms with van der Waals surface area (Å²) in [6.45, 7) is 4.31. The molecule has 4 aliphatic heterocycles. The first-order valence-electron chi connectivity index (χ1n) is 16.8. The highest BCUT2D eigenvalue weighted by atomic mass is 19.4. The molecule has 1 amide bonds. The van der Waals surface area contributed by atoms with Crippen molar-refractivity contribution >= 4 is 17.4 Å². The number of nitrogens with two attached hydrogens (primary N) is 1. The predicted octanol–water partition coefficient (Wildman–Crippen LogP) is 4.53. The minimum atomic E-state index is -4.71. The molecule has 0 saturated carbocycles. The molecule has 3 atom stereocenters. The Kier molecular flexibility index (Phi) is 8.88. The average molecular weight is 697 g/mol. The standard InChI is InChI=1S/C35H40F4N8O3/c1-4-7-21-12-23(40)13-25(30(21)35(37,38)39)29-15-27-26(19-49-29)31(42-33(41-27)50-20-34-8-5-10-46(34)17-22(36)16-34)45-9-6-11-47-24(18-45)14-28(43-47)32(48)44(2)3/h12-14,22,29H,5-6,8-11,15-20,40H2,1-3H3/t22-,29+,34+/m1/s1. The highest BCUT2D eigenvalue weighted by Crippen LogP contribution is 2.44. The lowest BCUT2D eigenvalue weighted by Crippen LogP contribution is -2.43. The number of rotatable bonds is 6. The maximum Gasteiger partial charge on any atom is 0.417 e. The van der Waals surface area contributed by atoms with Crippen molar-refractivity contribution < 1.29 is 31.8 Å². The fourth-order valence-corrected chi connectivity index (χ4v) is 7.87. The molecule has 3 aromatic rings. The number of aryl methyl sites for hydroxylation is 1. The summed E-state index contributed by atoms with van der Waals surface area (Å²) in [5.41, 5.74) is 6.86. The fourth-order valence-electron chi connectivity index (χ4n) is 7.87. The smallest absolute Gasteiger partial charge is 0.417 e. The molecule has 2 saturated heterocycles. The number of halogens is 4. The Hall–Kier alpha value is -4.42. The number of amides is 1. The summed E-state index contributed by atoms with van der Waals surface area (Å²) in [6.07, 6.45) is -3.87. The Labute approximate surface area is 287 Å².